The first-order valence-electron chi connectivity index (χ1n) is 8.56. The number of benzene rings is 3. The van der Waals surface area contributed by atoms with Crippen molar-refractivity contribution in [3.05, 3.63) is 101 Å². The summed E-state index contributed by atoms with van der Waals surface area (Å²) in [5.41, 5.74) is 0.449. The van der Waals surface area contributed by atoms with E-state index >= 15 is 0 Å². The van der Waals surface area contributed by atoms with Crippen molar-refractivity contribution in [2.75, 3.05) is 0 Å². The summed E-state index contributed by atoms with van der Waals surface area (Å²) in [6.45, 7) is 0. The van der Waals surface area contributed by atoms with E-state index in [-0.39, 0.29) is 26.3 Å². The van der Waals surface area contributed by atoms with Crippen LogP contribution in [0, 0.1) is 5.82 Å². The van der Waals surface area contributed by atoms with E-state index in [2.05, 4.69) is 4.98 Å². The van der Waals surface area contributed by atoms with Crippen molar-refractivity contribution >= 4 is 38.1 Å². The monoisotopic (exact) mass is 425 g/mol. The fourth-order valence-corrected chi connectivity index (χ4v) is 4.81. The molecule has 0 radical (unpaired) electrons. The smallest absolute Gasteiger partial charge is 0.208 e. The van der Waals surface area contributed by atoms with Gasteiger partial charge < -0.3 is 0 Å². The number of hydrogen-bond acceptors (Lipinski definition) is 4. The Hall–Kier alpha value is -3.09. The van der Waals surface area contributed by atoms with Crippen LogP contribution >= 0.6 is 11.6 Å². The molecule has 0 bridgehead atoms. The van der Waals surface area contributed by atoms with Crippen molar-refractivity contribution in [3.8, 4) is 0 Å². The molecule has 7 heteroatoms. The van der Waals surface area contributed by atoms with Crippen LogP contribution < -0.4 is 0 Å². The first-order valence-corrected chi connectivity index (χ1v) is 10.4. The molecular weight excluding hydrogens is 413 g/mol. The van der Waals surface area contributed by atoms with Crippen LogP contribution in [0.1, 0.15) is 15.9 Å². The fraction of sp³-hybridized carbons (Fsp3) is 0. The lowest BCUT2D eigenvalue weighted by atomic mass is 10.0. The van der Waals surface area contributed by atoms with Crippen molar-refractivity contribution in [1.29, 1.82) is 0 Å². The lowest BCUT2D eigenvalue weighted by Gasteiger charge is -2.13. The SMILES string of the molecule is O=C(c1ccccc1)c1cnc2ccc(F)cc2c1S(=O)(=O)c1ccc(Cl)cc1. The molecule has 0 atom stereocenters. The van der Waals surface area contributed by atoms with Gasteiger partial charge in [-0.25, -0.2) is 12.8 Å². The zero-order valence-electron chi connectivity index (χ0n) is 14.8. The van der Waals surface area contributed by atoms with Crippen molar-refractivity contribution in [2.45, 2.75) is 9.79 Å². The molecular formula is C22H13ClFNO3S. The van der Waals surface area contributed by atoms with Crippen LogP contribution in [0.2, 0.25) is 5.02 Å². The molecule has 0 aliphatic heterocycles. The zero-order valence-corrected chi connectivity index (χ0v) is 16.4. The third-order valence-corrected chi connectivity index (χ3v) is 6.58. The second kappa shape index (κ2) is 7.39. The highest BCUT2D eigenvalue weighted by Gasteiger charge is 2.28. The quantitative estimate of drug-likeness (QED) is 0.427. The Morgan fingerprint density at radius 3 is 2.31 bits per heavy atom. The summed E-state index contributed by atoms with van der Waals surface area (Å²) in [6.07, 6.45) is 1.22. The maximum atomic E-state index is 14.0. The van der Waals surface area contributed by atoms with E-state index in [1.165, 1.54) is 42.6 Å². The van der Waals surface area contributed by atoms with Crippen LogP contribution in [0.5, 0.6) is 0 Å². The van der Waals surface area contributed by atoms with Crippen LogP contribution in [0.3, 0.4) is 0 Å². The topological polar surface area (TPSA) is 64.1 Å². The Morgan fingerprint density at radius 2 is 1.62 bits per heavy atom. The number of rotatable bonds is 4. The number of sulfone groups is 1. The molecule has 0 unspecified atom stereocenters. The van der Waals surface area contributed by atoms with E-state index in [4.69, 9.17) is 11.6 Å². The number of halogens is 2. The van der Waals surface area contributed by atoms with E-state index < -0.39 is 21.4 Å². The lowest BCUT2D eigenvalue weighted by Crippen LogP contribution is -2.12. The average Bonchev–Trinajstić information content (AvgIpc) is 2.73. The van der Waals surface area contributed by atoms with E-state index in [0.717, 1.165) is 6.07 Å². The normalized spacial score (nSPS) is 11.5. The summed E-state index contributed by atoms with van der Waals surface area (Å²) in [4.78, 5) is 17.0. The minimum absolute atomic E-state index is 0.0433. The summed E-state index contributed by atoms with van der Waals surface area (Å²) >= 11 is 5.88. The van der Waals surface area contributed by atoms with E-state index in [9.17, 15) is 17.6 Å². The van der Waals surface area contributed by atoms with Gasteiger partial charge in [-0.05, 0) is 42.5 Å². The molecule has 0 amide bonds. The molecule has 4 rings (SSSR count). The molecule has 0 aliphatic rings. The summed E-state index contributed by atoms with van der Waals surface area (Å²) in [6, 6.07) is 17.5. The number of ketones is 1. The van der Waals surface area contributed by atoms with Gasteiger partial charge in [-0.3, -0.25) is 9.78 Å². The molecule has 0 aliphatic carbocycles. The predicted octanol–water partition coefficient (Wildman–Crippen LogP) is 5.09. The first kappa shape index (κ1) is 19.2. The standard InChI is InChI=1S/C22H13ClFNO3S/c23-15-6-9-17(10-7-15)29(27,28)22-18-12-16(24)8-11-20(18)25-13-19(22)21(26)14-4-2-1-3-5-14/h1-13H. The molecule has 0 fully saturated rings. The van der Waals surface area contributed by atoms with E-state index in [1.54, 1.807) is 30.3 Å². The Kier molecular flexibility index (Phi) is 4.90. The summed E-state index contributed by atoms with van der Waals surface area (Å²) in [5, 5.41) is 0.414. The molecule has 0 spiro atoms. The average molecular weight is 426 g/mol. The largest absolute Gasteiger partial charge is 0.289 e. The third kappa shape index (κ3) is 3.52. The molecule has 1 heterocycles. The van der Waals surface area contributed by atoms with E-state index in [0.29, 0.717) is 10.6 Å². The van der Waals surface area contributed by atoms with Gasteiger partial charge in [0, 0.05) is 22.2 Å². The van der Waals surface area contributed by atoms with Gasteiger partial charge in [0.2, 0.25) is 9.84 Å². The van der Waals surface area contributed by atoms with Gasteiger partial charge >= 0.3 is 0 Å². The minimum atomic E-state index is -4.17. The van der Waals surface area contributed by atoms with Gasteiger partial charge in [0.25, 0.3) is 0 Å². The van der Waals surface area contributed by atoms with Crippen LogP contribution in [0.4, 0.5) is 4.39 Å². The predicted molar refractivity (Wildman–Crippen MR) is 108 cm³/mol. The number of carbonyl (C=O) groups is 1. The maximum Gasteiger partial charge on any atom is 0.208 e. The highest BCUT2D eigenvalue weighted by atomic mass is 35.5. The van der Waals surface area contributed by atoms with Gasteiger partial charge in [0.05, 0.1) is 20.9 Å². The van der Waals surface area contributed by atoms with Crippen molar-refractivity contribution < 1.29 is 17.6 Å². The van der Waals surface area contributed by atoms with Crippen molar-refractivity contribution in [1.82, 2.24) is 4.98 Å². The van der Waals surface area contributed by atoms with Gasteiger partial charge in [-0.1, -0.05) is 41.9 Å². The number of nitrogens with zero attached hydrogens (tertiary/aromatic N) is 1. The number of pyridine rings is 1. The Morgan fingerprint density at radius 1 is 0.931 bits per heavy atom. The molecule has 0 saturated heterocycles. The molecule has 0 N–H and O–H groups in total. The van der Waals surface area contributed by atoms with Crippen LogP contribution in [0.25, 0.3) is 10.9 Å². The lowest BCUT2D eigenvalue weighted by molar-refractivity contribution is 0.103. The fourth-order valence-electron chi connectivity index (χ4n) is 3.07. The summed E-state index contributed by atoms with van der Waals surface area (Å²) in [7, 11) is -4.17. The third-order valence-electron chi connectivity index (χ3n) is 4.45. The molecule has 4 aromatic rings. The second-order valence-corrected chi connectivity index (χ2v) is 8.64. The molecule has 3 aromatic carbocycles. The van der Waals surface area contributed by atoms with Gasteiger partial charge in [0.15, 0.2) is 5.78 Å². The van der Waals surface area contributed by atoms with Gasteiger partial charge in [-0.2, -0.15) is 0 Å². The molecule has 0 saturated carbocycles. The number of aromatic nitrogens is 1. The number of hydrogen-bond donors (Lipinski definition) is 0. The Bertz CT molecular complexity index is 1340. The summed E-state index contributed by atoms with van der Waals surface area (Å²) in [5.74, 6) is -1.15. The highest BCUT2D eigenvalue weighted by molar-refractivity contribution is 7.91. The highest BCUT2D eigenvalue weighted by Crippen LogP contribution is 2.32. The van der Waals surface area contributed by atoms with Gasteiger partial charge in [-0.15, -0.1) is 0 Å². The molecule has 1 aromatic heterocycles. The van der Waals surface area contributed by atoms with Crippen LogP contribution in [-0.4, -0.2) is 19.2 Å². The minimum Gasteiger partial charge on any atom is -0.289 e. The number of fused-ring (bicyclic) bond motifs is 1. The summed E-state index contributed by atoms with van der Waals surface area (Å²) < 4.78 is 41.0. The Labute approximate surface area is 171 Å². The van der Waals surface area contributed by atoms with Crippen LogP contribution in [0.15, 0.2) is 88.8 Å². The maximum absolute atomic E-state index is 14.0. The number of carbonyl (C=O) groups excluding carboxylic acids is 1. The van der Waals surface area contributed by atoms with E-state index in [1.807, 2.05) is 0 Å². The second-order valence-electron chi connectivity index (χ2n) is 6.31. The Balaban J connectivity index is 2.05. The molecule has 29 heavy (non-hydrogen) atoms. The van der Waals surface area contributed by atoms with Crippen molar-refractivity contribution in [2.24, 2.45) is 0 Å². The molecule has 144 valence electrons. The first-order chi connectivity index (χ1) is 13.9. The van der Waals surface area contributed by atoms with Crippen LogP contribution in [-0.2, 0) is 9.84 Å². The van der Waals surface area contributed by atoms with Crippen molar-refractivity contribution in [3.63, 3.8) is 0 Å². The van der Waals surface area contributed by atoms with Gasteiger partial charge in [0.1, 0.15) is 5.82 Å². The zero-order chi connectivity index (χ0) is 20.6. The molecule has 4 nitrogen and oxygen atoms in total.